The molecule has 0 spiro atoms. The smallest absolute Gasteiger partial charge is 0.253 e. The third-order valence-corrected chi connectivity index (χ3v) is 6.17. The van der Waals surface area contributed by atoms with Gasteiger partial charge in [0.25, 0.3) is 6.43 Å². The van der Waals surface area contributed by atoms with Crippen molar-refractivity contribution in [2.45, 2.75) is 38.2 Å². The van der Waals surface area contributed by atoms with Gasteiger partial charge in [-0.1, -0.05) is 0 Å². The van der Waals surface area contributed by atoms with Crippen molar-refractivity contribution >= 4 is 21.8 Å². The molecule has 1 amide bonds. The van der Waals surface area contributed by atoms with Crippen LogP contribution in [0.3, 0.4) is 0 Å². The molecule has 3 aliphatic rings. The molecule has 2 saturated heterocycles. The van der Waals surface area contributed by atoms with Gasteiger partial charge in [0.05, 0.1) is 6.04 Å². The van der Waals surface area contributed by atoms with E-state index in [2.05, 4.69) is 20.9 Å². The third kappa shape index (κ3) is 2.16. The predicted octanol–water partition coefficient (Wildman–Crippen LogP) is 3.40. The summed E-state index contributed by atoms with van der Waals surface area (Å²) in [7, 11) is 0. The van der Waals surface area contributed by atoms with Gasteiger partial charge < -0.3 is 0 Å². The minimum Gasteiger partial charge on any atom is -0.273 e. The van der Waals surface area contributed by atoms with Crippen LogP contribution < -0.4 is 0 Å². The summed E-state index contributed by atoms with van der Waals surface area (Å²) in [6.45, 7) is 1.41. The van der Waals surface area contributed by atoms with Crippen LogP contribution >= 0.6 is 15.9 Å². The highest BCUT2D eigenvalue weighted by Crippen LogP contribution is 2.57. The number of hydrogen-bond acceptors (Lipinski definition) is 3. The molecule has 3 unspecified atom stereocenters. The van der Waals surface area contributed by atoms with Crippen molar-refractivity contribution in [1.82, 2.24) is 15.0 Å². The molecule has 2 aliphatic heterocycles. The highest BCUT2D eigenvalue weighted by atomic mass is 79.9. The number of hydrogen-bond donors (Lipinski definition) is 0. The molecule has 23 heavy (non-hydrogen) atoms. The topological polar surface area (TPSA) is 36.4 Å². The maximum Gasteiger partial charge on any atom is 0.253 e. The molecule has 0 aromatic carbocycles. The lowest BCUT2D eigenvalue weighted by Crippen LogP contribution is -2.57. The van der Waals surface area contributed by atoms with Crippen molar-refractivity contribution in [3.8, 4) is 0 Å². The van der Waals surface area contributed by atoms with Gasteiger partial charge in [-0.05, 0) is 59.2 Å². The van der Waals surface area contributed by atoms with Gasteiger partial charge in [-0.2, -0.15) is 0 Å². The van der Waals surface area contributed by atoms with Crippen LogP contribution in [-0.2, 0) is 4.79 Å². The van der Waals surface area contributed by atoms with E-state index < -0.39 is 11.8 Å². The van der Waals surface area contributed by atoms with E-state index in [1.165, 1.54) is 0 Å². The summed E-state index contributed by atoms with van der Waals surface area (Å²) in [6.07, 6.45) is 3.30. The van der Waals surface area contributed by atoms with Crippen molar-refractivity contribution < 1.29 is 13.6 Å². The van der Waals surface area contributed by atoms with Crippen LogP contribution in [0.4, 0.5) is 8.78 Å². The lowest BCUT2D eigenvalue weighted by Gasteiger charge is -2.47. The molecule has 1 aromatic rings. The summed E-state index contributed by atoms with van der Waals surface area (Å²) in [4.78, 5) is 17.3. The fourth-order valence-corrected chi connectivity index (χ4v) is 4.73. The van der Waals surface area contributed by atoms with E-state index in [0.29, 0.717) is 19.4 Å². The van der Waals surface area contributed by atoms with Crippen molar-refractivity contribution in [1.29, 1.82) is 0 Å². The summed E-state index contributed by atoms with van der Waals surface area (Å²) in [6, 6.07) is 1.73. The molecule has 0 N–H and O–H groups in total. The monoisotopic (exact) mass is 385 g/mol. The Bertz CT molecular complexity index is 644. The van der Waals surface area contributed by atoms with Gasteiger partial charge in [-0.25, -0.2) is 13.8 Å². The lowest BCUT2D eigenvalue weighted by atomic mass is 9.58. The summed E-state index contributed by atoms with van der Waals surface area (Å²) in [5.41, 5.74) is -0.561. The Hall–Kier alpha value is -1.08. The van der Waals surface area contributed by atoms with E-state index in [0.717, 1.165) is 29.4 Å². The molecular formula is C16H18BrF2N3O. The van der Waals surface area contributed by atoms with Crippen molar-refractivity contribution in [2.75, 3.05) is 13.1 Å². The van der Waals surface area contributed by atoms with Crippen LogP contribution in [0, 0.1) is 11.3 Å². The normalized spacial score (nSPS) is 34.1. The standard InChI is InChI=1S/C16H18BrF2N3O/c17-12-7-10(8-20-9-12)13-3-6-21-5-2-11-1-4-16(11,14(18)19)15(23)22(13)21/h7-9,11,13-14H,1-6H2. The van der Waals surface area contributed by atoms with Gasteiger partial charge in [-0.15, -0.1) is 0 Å². The first-order chi connectivity index (χ1) is 11.0. The molecule has 7 heteroatoms. The number of nitrogens with zero attached hydrogens (tertiary/aromatic N) is 3. The van der Waals surface area contributed by atoms with Gasteiger partial charge >= 0.3 is 0 Å². The van der Waals surface area contributed by atoms with E-state index in [1.807, 2.05) is 11.1 Å². The second-order valence-electron chi connectivity index (χ2n) is 6.71. The largest absolute Gasteiger partial charge is 0.273 e. The van der Waals surface area contributed by atoms with Gasteiger partial charge in [0, 0.05) is 30.0 Å². The summed E-state index contributed by atoms with van der Waals surface area (Å²) >= 11 is 3.39. The van der Waals surface area contributed by atoms with E-state index >= 15 is 0 Å². The van der Waals surface area contributed by atoms with Crippen molar-refractivity contribution in [3.63, 3.8) is 0 Å². The van der Waals surface area contributed by atoms with Gasteiger partial charge in [0.1, 0.15) is 5.41 Å². The molecule has 1 aromatic heterocycles. The van der Waals surface area contributed by atoms with Crippen LogP contribution in [0.5, 0.6) is 0 Å². The Morgan fingerprint density at radius 3 is 2.70 bits per heavy atom. The molecule has 1 saturated carbocycles. The van der Waals surface area contributed by atoms with Gasteiger partial charge in [0.15, 0.2) is 0 Å². The zero-order valence-electron chi connectivity index (χ0n) is 12.6. The number of carbonyl (C=O) groups excluding carboxylic acids is 1. The minimum atomic E-state index is -2.59. The van der Waals surface area contributed by atoms with Crippen molar-refractivity contribution in [3.05, 3.63) is 28.5 Å². The number of rotatable bonds is 2. The number of hydrazine groups is 1. The third-order valence-electron chi connectivity index (χ3n) is 5.74. The molecular weight excluding hydrogens is 368 g/mol. The van der Waals surface area contributed by atoms with Crippen LogP contribution in [0.1, 0.15) is 37.3 Å². The molecule has 3 heterocycles. The Kier molecular flexibility index (Phi) is 3.68. The average Bonchev–Trinajstić information content (AvgIpc) is 2.87. The van der Waals surface area contributed by atoms with E-state index in [9.17, 15) is 13.6 Å². The highest BCUT2D eigenvalue weighted by Gasteiger charge is 2.63. The second-order valence-corrected chi connectivity index (χ2v) is 7.63. The fraction of sp³-hybridized carbons (Fsp3) is 0.625. The molecule has 1 aliphatic carbocycles. The first kappa shape index (κ1) is 15.4. The SMILES string of the molecule is O=C1N2C(c3cncc(Br)c3)CCN2CCC2CCC12C(F)F. The van der Waals surface area contributed by atoms with Gasteiger partial charge in [-0.3, -0.25) is 14.8 Å². The van der Waals surface area contributed by atoms with Crippen LogP contribution in [0.15, 0.2) is 22.9 Å². The summed E-state index contributed by atoms with van der Waals surface area (Å²) < 4.78 is 28.4. The first-order valence-corrected chi connectivity index (χ1v) is 8.80. The maximum absolute atomic E-state index is 13.8. The molecule has 124 valence electrons. The first-order valence-electron chi connectivity index (χ1n) is 8.01. The molecule has 0 radical (unpaired) electrons. The molecule has 3 atom stereocenters. The van der Waals surface area contributed by atoms with Crippen molar-refractivity contribution in [2.24, 2.45) is 11.3 Å². The number of carbonyl (C=O) groups is 1. The number of fused-ring (bicyclic) bond motifs is 2. The van der Waals surface area contributed by atoms with Crippen LogP contribution in [0.2, 0.25) is 0 Å². The number of amides is 1. The number of aromatic nitrogens is 1. The van der Waals surface area contributed by atoms with E-state index in [1.54, 1.807) is 17.4 Å². The predicted molar refractivity (Wildman–Crippen MR) is 83.5 cm³/mol. The number of pyridine rings is 1. The molecule has 3 fully saturated rings. The number of halogens is 3. The lowest BCUT2D eigenvalue weighted by molar-refractivity contribution is -0.182. The molecule has 0 bridgehead atoms. The maximum atomic E-state index is 13.8. The van der Waals surface area contributed by atoms with E-state index in [-0.39, 0.29) is 17.9 Å². The Balaban J connectivity index is 1.72. The van der Waals surface area contributed by atoms with E-state index in [4.69, 9.17) is 0 Å². The summed E-state index contributed by atoms with van der Waals surface area (Å²) in [5, 5.41) is 3.59. The van der Waals surface area contributed by atoms with Crippen LogP contribution in [0.25, 0.3) is 0 Å². The Morgan fingerprint density at radius 1 is 1.26 bits per heavy atom. The van der Waals surface area contributed by atoms with Gasteiger partial charge in [0.2, 0.25) is 5.91 Å². The zero-order chi connectivity index (χ0) is 16.2. The molecule has 4 rings (SSSR count). The fourth-order valence-electron chi connectivity index (χ4n) is 4.35. The number of alkyl halides is 2. The van der Waals surface area contributed by atoms with Crippen LogP contribution in [-0.4, -0.2) is 40.4 Å². The Morgan fingerprint density at radius 2 is 2.04 bits per heavy atom. The Labute approximate surface area is 141 Å². The summed E-state index contributed by atoms with van der Waals surface area (Å²) in [5.74, 6) is -0.564. The quantitative estimate of drug-likeness (QED) is 0.782. The second kappa shape index (κ2) is 5.48. The minimum absolute atomic E-state index is 0.179. The zero-order valence-corrected chi connectivity index (χ0v) is 14.2. The average molecular weight is 386 g/mol. The molecule has 4 nitrogen and oxygen atoms in total. The highest BCUT2D eigenvalue weighted by molar-refractivity contribution is 9.10.